The number of rotatable bonds is 5. The summed E-state index contributed by atoms with van der Waals surface area (Å²) in [7, 11) is 0. The van der Waals surface area contributed by atoms with Crippen molar-refractivity contribution in [2.75, 3.05) is 0 Å². The van der Waals surface area contributed by atoms with Crippen molar-refractivity contribution in [3.63, 3.8) is 0 Å². The zero-order valence-electron chi connectivity index (χ0n) is 16.2. The number of aromatic nitrogens is 4. The number of amides is 1. The summed E-state index contributed by atoms with van der Waals surface area (Å²) in [6.07, 6.45) is 0.287. The fourth-order valence-corrected chi connectivity index (χ4v) is 3.45. The molecule has 0 fully saturated rings. The number of fused-ring (bicyclic) bond motifs is 1. The second-order valence-corrected chi connectivity index (χ2v) is 7.00. The van der Waals surface area contributed by atoms with E-state index in [1.54, 1.807) is 0 Å². The molecule has 4 rings (SSSR count). The predicted octanol–water partition coefficient (Wildman–Crippen LogP) is 3.79. The third-order valence-electron chi connectivity index (χ3n) is 4.97. The van der Waals surface area contributed by atoms with Crippen LogP contribution in [0.1, 0.15) is 35.7 Å². The Balaban J connectivity index is 1.50. The highest BCUT2D eigenvalue weighted by Crippen LogP contribution is 2.19. The van der Waals surface area contributed by atoms with E-state index in [1.165, 1.54) is 0 Å². The van der Waals surface area contributed by atoms with Gasteiger partial charge in [-0.25, -0.2) is 9.67 Å². The van der Waals surface area contributed by atoms with Gasteiger partial charge in [-0.2, -0.15) is 5.10 Å². The molecule has 0 bridgehead atoms. The van der Waals surface area contributed by atoms with Crippen molar-refractivity contribution < 1.29 is 4.79 Å². The van der Waals surface area contributed by atoms with Crippen LogP contribution in [0, 0.1) is 13.8 Å². The number of para-hydroxylation sites is 3. The fourth-order valence-electron chi connectivity index (χ4n) is 3.45. The van der Waals surface area contributed by atoms with Crippen LogP contribution in [0.25, 0.3) is 16.7 Å². The van der Waals surface area contributed by atoms with Crippen molar-refractivity contribution >= 4 is 16.9 Å². The molecule has 6 nitrogen and oxygen atoms in total. The Kier molecular flexibility index (Phi) is 4.69. The minimum absolute atomic E-state index is 0.0493. The Hall–Kier alpha value is -3.41. The third-order valence-corrected chi connectivity index (χ3v) is 4.97. The zero-order valence-corrected chi connectivity index (χ0v) is 16.2. The number of aryl methyl sites for hydroxylation is 1. The van der Waals surface area contributed by atoms with Crippen LogP contribution >= 0.6 is 0 Å². The maximum atomic E-state index is 12.7. The molecule has 142 valence electrons. The van der Waals surface area contributed by atoms with Crippen molar-refractivity contribution in [3.05, 3.63) is 77.4 Å². The highest BCUT2D eigenvalue weighted by Gasteiger charge is 2.18. The quantitative estimate of drug-likeness (QED) is 0.559. The van der Waals surface area contributed by atoms with Crippen molar-refractivity contribution in [3.8, 4) is 5.69 Å². The molecule has 0 saturated carbocycles. The molecular weight excluding hydrogens is 350 g/mol. The molecule has 0 radical (unpaired) electrons. The monoisotopic (exact) mass is 373 g/mol. The number of aromatic amines is 1. The topological polar surface area (TPSA) is 75.6 Å². The van der Waals surface area contributed by atoms with Gasteiger partial charge in [0.25, 0.3) is 0 Å². The molecule has 2 heterocycles. The molecule has 4 aromatic rings. The van der Waals surface area contributed by atoms with Crippen LogP contribution in [-0.2, 0) is 11.2 Å². The molecule has 2 N–H and O–H groups in total. The van der Waals surface area contributed by atoms with Crippen LogP contribution in [0.15, 0.2) is 54.6 Å². The lowest BCUT2D eigenvalue weighted by atomic mass is 10.1. The molecule has 2 aromatic carbocycles. The van der Waals surface area contributed by atoms with Crippen molar-refractivity contribution in [2.24, 2.45) is 0 Å². The van der Waals surface area contributed by atoms with Gasteiger partial charge in [-0.05, 0) is 45.0 Å². The average molecular weight is 373 g/mol. The number of benzene rings is 2. The van der Waals surface area contributed by atoms with E-state index < -0.39 is 0 Å². The second-order valence-electron chi connectivity index (χ2n) is 7.00. The Labute approximate surface area is 163 Å². The Morgan fingerprint density at radius 1 is 1.11 bits per heavy atom. The first-order valence-electron chi connectivity index (χ1n) is 9.37. The molecule has 28 heavy (non-hydrogen) atoms. The zero-order chi connectivity index (χ0) is 19.7. The standard InChI is InChI=1S/C22H23N5O/c1-14-18(16(3)27(26-14)17-9-5-4-6-10-17)13-21(28)23-15(2)22-24-19-11-7-8-12-20(19)25-22/h4-12,15H,13H2,1-3H3,(H,23,28)(H,24,25). The first-order chi connectivity index (χ1) is 13.5. The summed E-state index contributed by atoms with van der Waals surface area (Å²) in [6, 6.07) is 17.6. The molecule has 0 aliphatic carbocycles. The Morgan fingerprint density at radius 3 is 2.57 bits per heavy atom. The number of H-pyrrole nitrogens is 1. The molecule has 0 aliphatic heterocycles. The van der Waals surface area contributed by atoms with Gasteiger partial charge in [0.05, 0.1) is 34.9 Å². The molecule has 1 unspecified atom stereocenters. The molecule has 0 aliphatic rings. The Bertz CT molecular complexity index is 1090. The van der Waals surface area contributed by atoms with Gasteiger partial charge in [0, 0.05) is 11.3 Å². The van der Waals surface area contributed by atoms with Crippen LogP contribution in [-0.4, -0.2) is 25.7 Å². The molecule has 1 atom stereocenters. The van der Waals surface area contributed by atoms with Crippen LogP contribution < -0.4 is 5.32 Å². The van der Waals surface area contributed by atoms with Crippen LogP contribution in [0.2, 0.25) is 0 Å². The number of carbonyl (C=O) groups excluding carboxylic acids is 1. The lowest BCUT2D eigenvalue weighted by Crippen LogP contribution is -2.29. The smallest absolute Gasteiger partial charge is 0.225 e. The largest absolute Gasteiger partial charge is 0.346 e. The summed E-state index contributed by atoms with van der Waals surface area (Å²) in [5, 5.41) is 7.66. The normalized spacial score (nSPS) is 12.2. The maximum absolute atomic E-state index is 12.7. The minimum Gasteiger partial charge on any atom is -0.346 e. The third kappa shape index (κ3) is 3.41. The first kappa shape index (κ1) is 18.0. The first-order valence-corrected chi connectivity index (χ1v) is 9.37. The van der Waals surface area contributed by atoms with Crippen LogP contribution in [0.3, 0.4) is 0 Å². The van der Waals surface area contributed by atoms with Gasteiger partial charge in [-0.1, -0.05) is 30.3 Å². The summed E-state index contributed by atoms with van der Waals surface area (Å²) >= 11 is 0. The van der Waals surface area contributed by atoms with Crippen LogP contribution in [0.4, 0.5) is 0 Å². The predicted molar refractivity (Wildman–Crippen MR) is 109 cm³/mol. The van der Waals surface area contributed by atoms with Gasteiger partial charge >= 0.3 is 0 Å². The minimum atomic E-state index is -0.204. The summed E-state index contributed by atoms with van der Waals surface area (Å²) < 4.78 is 1.89. The molecule has 1 amide bonds. The van der Waals surface area contributed by atoms with Gasteiger partial charge in [0.15, 0.2) is 0 Å². The summed E-state index contributed by atoms with van der Waals surface area (Å²) in [4.78, 5) is 20.5. The number of nitrogens with one attached hydrogen (secondary N) is 2. The summed E-state index contributed by atoms with van der Waals surface area (Å²) in [5.74, 6) is 0.703. The molecule has 0 saturated heterocycles. The fraction of sp³-hybridized carbons (Fsp3) is 0.227. The van der Waals surface area contributed by atoms with E-state index >= 15 is 0 Å². The van der Waals surface area contributed by atoms with Gasteiger partial charge in [-0.3, -0.25) is 4.79 Å². The average Bonchev–Trinajstić information content (AvgIpc) is 3.25. The lowest BCUT2D eigenvalue weighted by Gasteiger charge is -2.12. The SMILES string of the molecule is Cc1nn(-c2ccccc2)c(C)c1CC(=O)NC(C)c1nc2ccccc2[nH]1. The van der Waals surface area contributed by atoms with E-state index in [1.807, 2.05) is 80.1 Å². The van der Waals surface area contributed by atoms with Gasteiger partial charge in [-0.15, -0.1) is 0 Å². The highest BCUT2D eigenvalue weighted by molar-refractivity contribution is 5.80. The number of hydrogen-bond acceptors (Lipinski definition) is 3. The molecular formula is C22H23N5O. The van der Waals surface area contributed by atoms with Gasteiger partial charge in [0.1, 0.15) is 5.82 Å². The number of carbonyl (C=O) groups is 1. The van der Waals surface area contributed by atoms with Gasteiger partial charge in [0.2, 0.25) is 5.91 Å². The summed E-state index contributed by atoms with van der Waals surface area (Å²) in [5.41, 5.74) is 5.66. The van der Waals surface area contributed by atoms with E-state index in [0.717, 1.165) is 39.5 Å². The summed E-state index contributed by atoms with van der Waals surface area (Å²) in [6.45, 7) is 5.87. The second kappa shape index (κ2) is 7.31. The number of hydrogen-bond donors (Lipinski definition) is 2. The van der Waals surface area contributed by atoms with Gasteiger partial charge < -0.3 is 10.3 Å². The van der Waals surface area contributed by atoms with E-state index in [4.69, 9.17) is 0 Å². The maximum Gasteiger partial charge on any atom is 0.225 e. The van der Waals surface area contributed by atoms with Crippen molar-refractivity contribution in [2.45, 2.75) is 33.2 Å². The molecule has 6 heteroatoms. The van der Waals surface area contributed by atoms with E-state index in [2.05, 4.69) is 20.4 Å². The molecule has 2 aromatic heterocycles. The highest BCUT2D eigenvalue weighted by atomic mass is 16.1. The van der Waals surface area contributed by atoms with Crippen LogP contribution in [0.5, 0.6) is 0 Å². The number of nitrogens with zero attached hydrogens (tertiary/aromatic N) is 3. The van der Waals surface area contributed by atoms with Crippen molar-refractivity contribution in [1.29, 1.82) is 0 Å². The Morgan fingerprint density at radius 2 is 1.82 bits per heavy atom. The van der Waals surface area contributed by atoms with E-state index in [0.29, 0.717) is 0 Å². The van der Waals surface area contributed by atoms with E-state index in [-0.39, 0.29) is 18.4 Å². The van der Waals surface area contributed by atoms with Crippen molar-refractivity contribution in [1.82, 2.24) is 25.1 Å². The molecule has 0 spiro atoms. The lowest BCUT2D eigenvalue weighted by molar-refractivity contribution is -0.121. The number of imidazole rings is 1. The van der Waals surface area contributed by atoms with E-state index in [9.17, 15) is 4.79 Å².